The van der Waals surface area contributed by atoms with Gasteiger partial charge in [-0.05, 0) is 12.1 Å². The van der Waals surface area contributed by atoms with Gasteiger partial charge in [-0.2, -0.15) is 13.2 Å². The second kappa shape index (κ2) is 5.93. The van der Waals surface area contributed by atoms with Crippen LogP contribution in [0.15, 0.2) is 18.2 Å². The Hall–Kier alpha value is -2.36. The fraction of sp³-hybridized carbons (Fsp3) is 0.429. The van der Waals surface area contributed by atoms with Crippen molar-refractivity contribution in [2.45, 2.75) is 18.4 Å². The minimum absolute atomic E-state index is 0.0275. The van der Waals surface area contributed by atoms with Crippen molar-refractivity contribution in [2.24, 2.45) is 0 Å². The average molecular weight is 348 g/mol. The molecule has 2 atom stereocenters. The van der Waals surface area contributed by atoms with E-state index in [0.717, 1.165) is 6.07 Å². The van der Waals surface area contributed by atoms with Gasteiger partial charge in [0.15, 0.2) is 17.8 Å². The number of esters is 1. The van der Waals surface area contributed by atoms with Crippen molar-refractivity contribution in [3.8, 4) is 5.75 Å². The second-order valence-corrected chi connectivity index (χ2v) is 5.27. The normalized spacial score (nSPS) is 23.7. The summed E-state index contributed by atoms with van der Waals surface area (Å²) < 4.78 is 60.7. The standard InChI is InChI=1S/C14H12F4N2O4/c15-8-3-1-2-7-10(8)23-6-9-11(24-13(22)14(16,17)18)19-4-5-20(9)12(7)21/h1-3,9,11,19H,4-6H2. The summed E-state index contributed by atoms with van der Waals surface area (Å²) >= 11 is 0. The number of carbonyl (C=O) groups is 2. The SMILES string of the molecule is O=C1c2cccc(F)c2OCC2C(OC(=O)C(F)(F)F)NCCN12. The van der Waals surface area contributed by atoms with Crippen molar-refractivity contribution in [2.75, 3.05) is 19.7 Å². The van der Waals surface area contributed by atoms with Gasteiger partial charge < -0.3 is 14.4 Å². The van der Waals surface area contributed by atoms with Gasteiger partial charge in [-0.25, -0.2) is 9.18 Å². The maximum absolute atomic E-state index is 13.8. The van der Waals surface area contributed by atoms with Gasteiger partial charge in [-0.15, -0.1) is 0 Å². The number of carbonyl (C=O) groups excluding carboxylic acids is 2. The first kappa shape index (κ1) is 16.5. The van der Waals surface area contributed by atoms with E-state index in [1.54, 1.807) is 0 Å². The number of nitrogens with one attached hydrogen (secondary N) is 1. The molecule has 0 aliphatic carbocycles. The van der Waals surface area contributed by atoms with E-state index in [2.05, 4.69) is 10.1 Å². The first-order chi connectivity index (χ1) is 11.3. The molecule has 130 valence electrons. The van der Waals surface area contributed by atoms with Crippen molar-refractivity contribution >= 4 is 11.9 Å². The number of halogens is 4. The van der Waals surface area contributed by atoms with E-state index in [9.17, 15) is 27.2 Å². The molecular weight excluding hydrogens is 336 g/mol. The number of benzene rings is 1. The van der Waals surface area contributed by atoms with Crippen LogP contribution in [0.3, 0.4) is 0 Å². The van der Waals surface area contributed by atoms with Crippen LogP contribution in [0.5, 0.6) is 5.75 Å². The zero-order chi connectivity index (χ0) is 17.5. The number of rotatable bonds is 1. The second-order valence-electron chi connectivity index (χ2n) is 5.27. The average Bonchev–Trinajstić information content (AvgIpc) is 2.66. The number of hydrogen-bond acceptors (Lipinski definition) is 5. The monoisotopic (exact) mass is 348 g/mol. The maximum atomic E-state index is 13.8. The zero-order valence-electron chi connectivity index (χ0n) is 12.1. The lowest BCUT2D eigenvalue weighted by molar-refractivity contribution is -0.210. The Morgan fingerprint density at radius 3 is 2.83 bits per heavy atom. The molecule has 0 bridgehead atoms. The highest BCUT2D eigenvalue weighted by Crippen LogP contribution is 2.30. The fourth-order valence-corrected chi connectivity index (χ4v) is 2.67. The summed E-state index contributed by atoms with van der Waals surface area (Å²) in [5.74, 6) is -3.99. The summed E-state index contributed by atoms with van der Waals surface area (Å²) in [6.45, 7) is -0.0476. The van der Waals surface area contributed by atoms with E-state index >= 15 is 0 Å². The van der Waals surface area contributed by atoms with Gasteiger partial charge in [0.2, 0.25) is 0 Å². The molecule has 1 aromatic rings. The van der Waals surface area contributed by atoms with Crippen LogP contribution in [0, 0.1) is 5.82 Å². The number of amides is 1. The Morgan fingerprint density at radius 1 is 1.38 bits per heavy atom. The molecule has 0 aromatic heterocycles. The highest BCUT2D eigenvalue weighted by molar-refractivity contribution is 5.97. The summed E-state index contributed by atoms with van der Waals surface area (Å²) in [5, 5.41) is 2.60. The summed E-state index contributed by atoms with van der Waals surface area (Å²) in [6, 6.07) is 2.79. The summed E-state index contributed by atoms with van der Waals surface area (Å²) in [6.07, 6.45) is -6.57. The zero-order valence-corrected chi connectivity index (χ0v) is 12.1. The van der Waals surface area contributed by atoms with Crippen molar-refractivity contribution in [1.29, 1.82) is 0 Å². The third-order valence-electron chi connectivity index (χ3n) is 3.77. The van der Waals surface area contributed by atoms with Crippen LogP contribution in [0.2, 0.25) is 0 Å². The van der Waals surface area contributed by atoms with Gasteiger partial charge in [0.05, 0.1) is 5.56 Å². The lowest BCUT2D eigenvalue weighted by atomic mass is 10.1. The molecule has 1 fully saturated rings. The van der Waals surface area contributed by atoms with Gasteiger partial charge in [0.25, 0.3) is 5.91 Å². The van der Waals surface area contributed by atoms with Crippen LogP contribution in [0.4, 0.5) is 17.6 Å². The third kappa shape index (κ3) is 2.88. The first-order valence-corrected chi connectivity index (χ1v) is 7.02. The number of ether oxygens (including phenoxy) is 2. The maximum Gasteiger partial charge on any atom is 0.490 e. The minimum Gasteiger partial charge on any atom is -0.487 e. The van der Waals surface area contributed by atoms with E-state index in [1.807, 2.05) is 0 Å². The molecule has 2 aliphatic heterocycles. The van der Waals surface area contributed by atoms with Gasteiger partial charge in [0, 0.05) is 13.1 Å². The number of piperazine rings is 1. The lowest BCUT2D eigenvalue weighted by Gasteiger charge is -2.39. The Balaban J connectivity index is 1.87. The topological polar surface area (TPSA) is 67.9 Å². The largest absolute Gasteiger partial charge is 0.490 e. The number of alkyl halides is 3. The van der Waals surface area contributed by atoms with Crippen molar-refractivity contribution in [1.82, 2.24) is 10.2 Å². The minimum atomic E-state index is -5.16. The molecule has 0 saturated carbocycles. The van der Waals surface area contributed by atoms with Gasteiger partial charge in [0.1, 0.15) is 12.6 Å². The van der Waals surface area contributed by atoms with Crippen LogP contribution in [0.25, 0.3) is 0 Å². The molecular formula is C14H12F4N2O4. The van der Waals surface area contributed by atoms with Crippen LogP contribution in [-0.2, 0) is 9.53 Å². The molecule has 3 rings (SSSR count). The highest BCUT2D eigenvalue weighted by Gasteiger charge is 2.46. The molecule has 0 spiro atoms. The first-order valence-electron chi connectivity index (χ1n) is 7.02. The summed E-state index contributed by atoms with van der Waals surface area (Å²) in [5.41, 5.74) is -0.0275. The van der Waals surface area contributed by atoms with E-state index in [-0.39, 0.29) is 31.0 Å². The Kier molecular flexibility index (Phi) is 4.08. The fourth-order valence-electron chi connectivity index (χ4n) is 2.67. The van der Waals surface area contributed by atoms with E-state index in [0.29, 0.717) is 0 Å². The molecule has 1 amide bonds. The van der Waals surface area contributed by atoms with Crippen molar-refractivity contribution < 1.29 is 36.6 Å². The van der Waals surface area contributed by atoms with Crippen LogP contribution < -0.4 is 10.1 Å². The molecule has 2 aliphatic rings. The predicted octanol–water partition coefficient (Wildman–Crippen LogP) is 1.06. The Bertz CT molecular complexity index is 679. The van der Waals surface area contributed by atoms with E-state index in [4.69, 9.17) is 4.74 Å². The molecule has 6 nitrogen and oxygen atoms in total. The Labute approximate surface area is 133 Å². The number of para-hydroxylation sites is 1. The van der Waals surface area contributed by atoms with Gasteiger partial charge >= 0.3 is 12.1 Å². The van der Waals surface area contributed by atoms with Crippen LogP contribution >= 0.6 is 0 Å². The molecule has 24 heavy (non-hydrogen) atoms. The quantitative estimate of drug-likeness (QED) is 0.607. The number of hydrogen-bond donors (Lipinski definition) is 1. The lowest BCUT2D eigenvalue weighted by Crippen LogP contribution is -2.62. The van der Waals surface area contributed by atoms with Crippen molar-refractivity contribution in [3.05, 3.63) is 29.6 Å². The number of nitrogens with zero attached hydrogens (tertiary/aromatic N) is 1. The predicted molar refractivity (Wildman–Crippen MR) is 70.7 cm³/mol. The molecule has 0 radical (unpaired) electrons. The highest BCUT2D eigenvalue weighted by atomic mass is 19.4. The molecule has 2 unspecified atom stereocenters. The molecule has 1 N–H and O–H groups in total. The molecule has 1 aromatic carbocycles. The molecule has 1 saturated heterocycles. The van der Waals surface area contributed by atoms with Crippen LogP contribution in [0.1, 0.15) is 10.4 Å². The molecule has 2 heterocycles. The summed E-state index contributed by atoms with van der Waals surface area (Å²) in [4.78, 5) is 24.8. The molecule has 10 heteroatoms. The third-order valence-corrected chi connectivity index (χ3v) is 3.77. The van der Waals surface area contributed by atoms with Gasteiger partial charge in [-0.3, -0.25) is 10.1 Å². The Morgan fingerprint density at radius 2 is 2.12 bits per heavy atom. The van der Waals surface area contributed by atoms with Crippen molar-refractivity contribution in [3.63, 3.8) is 0 Å². The van der Waals surface area contributed by atoms with Crippen LogP contribution in [-0.4, -0.2) is 54.9 Å². The summed E-state index contributed by atoms with van der Waals surface area (Å²) in [7, 11) is 0. The van der Waals surface area contributed by atoms with Gasteiger partial charge in [-0.1, -0.05) is 6.07 Å². The van der Waals surface area contributed by atoms with E-state index in [1.165, 1.54) is 17.0 Å². The number of fused-ring (bicyclic) bond motifs is 2. The van der Waals surface area contributed by atoms with E-state index < -0.39 is 36.1 Å². The smallest absolute Gasteiger partial charge is 0.487 e.